The zero-order chi connectivity index (χ0) is 10.8. The van der Waals surface area contributed by atoms with E-state index in [0.717, 1.165) is 16.8 Å². The van der Waals surface area contributed by atoms with E-state index in [-0.39, 0.29) is 5.56 Å². The maximum absolute atomic E-state index is 11.5. The number of methoxy groups -OCH3 is 1. The molecule has 0 bridgehead atoms. The molecular formula is C10H9IN2O2. The minimum atomic E-state index is -0.0925. The van der Waals surface area contributed by atoms with Crippen LogP contribution in [0.15, 0.2) is 29.2 Å². The molecule has 0 spiro atoms. The van der Waals surface area contributed by atoms with Gasteiger partial charge in [-0.3, -0.25) is 9.36 Å². The molecule has 0 aliphatic heterocycles. The van der Waals surface area contributed by atoms with Crippen LogP contribution in [-0.4, -0.2) is 16.7 Å². The third kappa shape index (κ3) is 1.83. The molecule has 2 rings (SSSR count). The molecule has 0 unspecified atom stereocenters. The van der Waals surface area contributed by atoms with E-state index < -0.39 is 0 Å². The standard InChI is InChI=1S/C10H9IN2O2/c1-15-7-2-3-8-9(4-7)13(6-11)10(14)5-12-8/h2-5H,6H2,1H3. The summed E-state index contributed by atoms with van der Waals surface area (Å²) in [5.41, 5.74) is 1.51. The first kappa shape index (κ1) is 10.4. The molecule has 78 valence electrons. The lowest BCUT2D eigenvalue weighted by molar-refractivity contribution is 0.415. The lowest BCUT2D eigenvalue weighted by atomic mass is 10.3. The molecule has 0 atom stereocenters. The van der Waals surface area contributed by atoms with Gasteiger partial charge in [-0.25, -0.2) is 4.98 Å². The third-order valence-corrected chi connectivity index (χ3v) is 2.86. The molecule has 0 radical (unpaired) electrons. The van der Waals surface area contributed by atoms with Crippen LogP contribution in [0, 0.1) is 0 Å². The van der Waals surface area contributed by atoms with E-state index in [0.29, 0.717) is 4.55 Å². The van der Waals surface area contributed by atoms with Crippen LogP contribution >= 0.6 is 22.6 Å². The predicted octanol–water partition coefficient (Wildman–Crippen LogP) is 1.80. The van der Waals surface area contributed by atoms with Crippen LogP contribution in [0.25, 0.3) is 11.0 Å². The van der Waals surface area contributed by atoms with Crippen LogP contribution in [0.4, 0.5) is 0 Å². The van der Waals surface area contributed by atoms with E-state index in [1.54, 1.807) is 11.7 Å². The molecule has 0 saturated carbocycles. The van der Waals surface area contributed by atoms with Crippen molar-refractivity contribution in [2.24, 2.45) is 0 Å². The molecule has 1 aromatic carbocycles. The van der Waals surface area contributed by atoms with E-state index in [9.17, 15) is 4.79 Å². The van der Waals surface area contributed by atoms with Gasteiger partial charge in [-0.05, 0) is 12.1 Å². The normalized spacial score (nSPS) is 10.5. The lowest BCUT2D eigenvalue weighted by Crippen LogP contribution is -2.18. The minimum absolute atomic E-state index is 0.0925. The first-order valence-electron chi connectivity index (χ1n) is 4.36. The number of hydrogen-bond donors (Lipinski definition) is 0. The zero-order valence-electron chi connectivity index (χ0n) is 8.11. The number of rotatable bonds is 2. The number of fused-ring (bicyclic) bond motifs is 1. The van der Waals surface area contributed by atoms with Crippen LogP contribution in [0.5, 0.6) is 5.75 Å². The molecule has 0 fully saturated rings. The first-order chi connectivity index (χ1) is 7.26. The van der Waals surface area contributed by atoms with Crippen molar-refractivity contribution in [1.29, 1.82) is 0 Å². The average Bonchev–Trinajstić information content (AvgIpc) is 2.28. The summed E-state index contributed by atoms with van der Waals surface area (Å²) >= 11 is 2.15. The third-order valence-electron chi connectivity index (χ3n) is 2.17. The quantitative estimate of drug-likeness (QED) is 0.627. The molecule has 4 nitrogen and oxygen atoms in total. The van der Waals surface area contributed by atoms with Gasteiger partial charge in [0.15, 0.2) is 0 Å². The fourth-order valence-corrected chi connectivity index (χ4v) is 2.10. The number of halogens is 1. The van der Waals surface area contributed by atoms with E-state index >= 15 is 0 Å². The summed E-state index contributed by atoms with van der Waals surface area (Å²) < 4.78 is 7.37. The van der Waals surface area contributed by atoms with Crippen molar-refractivity contribution in [2.45, 2.75) is 4.55 Å². The number of aromatic nitrogens is 2. The second-order valence-electron chi connectivity index (χ2n) is 3.00. The summed E-state index contributed by atoms with van der Waals surface area (Å²) in [5, 5.41) is 0. The van der Waals surface area contributed by atoms with Crippen LogP contribution in [-0.2, 0) is 4.55 Å². The van der Waals surface area contributed by atoms with Gasteiger partial charge in [0.25, 0.3) is 5.56 Å². The highest BCUT2D eigenvalue weighted by atomic mass is 127. The highest BCUT2D eigenvalue weighted by molar-refractivity contribution is 14.1. The number of nitrogens with zero attached hydrogens (tertiary/aromatic N) is 2. The van der Waals surface area contributed by atoms with Gasteiger partial charge in [0.1, 0.15) is 5.75 Å². The van der Waals surface area contributed by atoms with Gasteiger partial charge in [0, 0.05) is 6.07 Å². The Morgan fingerprint density at radius 2 is 2.33 bits per heavy atom. The Labute approximate surface area is 100 Å². The van der Waals surface area contributed by atoms with Crippen molar-refractivity contribution >= 4 is 33.6 Å². The number of alkyl halides is 1. The van der Waals surface area contributed by atoms with Crippen molar-refractivity contribution in [3.05, 3.63) is 34.7 Å². The average molecular weight is 316 g/mol. The lowest BCUT2D eigenvalue weighted by Gasteiger charge is -2.07. The van der Waals surface area contributed by atoms with Crippen molar-refractivity contribution in [1.82, 2.24) is 9.55 Å². The van der Waals surface area contributed by atoms with E-state index in [1.165, 1.54) is 6.20 Å². The van der Waals surface area contributed by atoms with Crippen LogP contribution < -0.4 is 10.3 Å². The molecular weight excluding hydrogens is 307 g/mol. The molecule has 15 heavy (non-hydrogen) atoms. The fraction of sp³-hybridized carbons (Fsp3) is 0.200. The Balaban J connectivity index is 2.82. The van der Waals surface area contributed by atoms with Gasteiger partial charge < -0.3 is 4.74 Å². The van der Waals surface area contributed by atoms with E-state index in [1.807, 2.05) is 18.2 Å². The maximum Gasteiger partial charge on any atom is 0.270 e. The fourth-order valence-electron chi connectivity index (χ4n) is 1.39. The molecule has 0 aliphatic rings. The highest BCUT2D eigenvalue weighted by Gasteiger charge is 2.03. The van der Waals surface area contributed by atoms with Crippen molar-refractivity contribution in [3.63, 3.8) is 0 Å². The summed E-state index contributed by atoms with van der Waals surface area (Å²) in [6, 6.07) is 5.50. The molecule has 0 saturated heterocycles. The summed E-state index contributed by atoms with van der Waals surface area (Å²) in [4.78, 5) is 15.6. The molecule has 0 aliphatic carbocycles. The second kappa shape index (κ2) is 4.18. The molecule has 0 N–H and O–H groups in total. The smallest absolute Gasteiger partial charge is 0.270 e. The zero-order valence-corrected chi connectivity index (χ0v) is 10.3. The summed E-state index contributed by atoms with van der Waals surface area (Å²) in [6.07, 6.45) is 1.34. The second-order valence-corrected chi connectivity index (χ2v) is 3.68. The van der Waals surface area contributed by atoms with Crippen molar-refractivity contribution < 1.29 is 4.74 Å². The Morgan fingerprint density at radius 1 is 1.53 bits per heavy atom. The Kier molecular flexibility index (Phi) is 2.90. The van der Waals surface area contributed by atoms with Crippen molar-refractivity contribution in [3.8, 4) is 5.75 Å². The van der Waals surface area contributed by atoms with Gasteiger partial charge >= 0.3 is 0 Å². The Hall–Kier alpha value is -1.11. The van der Waals surface area contributed by atoms with Gasteiger partial charge in [0.05, 0.1) is 28.9 Å². The van der Waals surface area contributed by atoms with Gasteiger partial charge in [0.2, 0.25) is 0 Å². The topological polar surface area (TPSA) is 44.1 Å². The van der Waals surface area contributed by atoms with E-state index in [2.05, 4.69) is 27.6 Å². The predicted molar refractivity (Wildman–Crippen MR) is 66.6 cm³/mol. The monoisotopic (exact) mass is 316 g/mol. The SMILES string of the molecule is COc1ccc2ncc(=O)n(CI)c2c1. The molecule has 0 amide bonds. The van der Waals surface area contributed by atoms with Crippen LogP contribution in [0.3, 0.4) is 0 Å². The first-order valence-corrected chi connectivity index (χ1v) is 5.88. The summed E-state index contributed by atoms with van der Waals surface area (Å²) in [6.45, 7) is 0. The largest absolute Gasteiger partial charge is 0.497 e. The number of hydrogen-bond acceptors (Lipinski definition) is 3. The maximum atomic E-state index is 11.5. The number of ether oxygens (including phenoxy) is 1. The van der Waals surface area contributed by atoms with Gasteiger partial charge in [-0.1, -0.05) is 22.6 Å². The van der Waals surface area contributed by atoms with Crippen LogP contribution in [0.1, 0.15) is 0 Å². The molecule has 5 heteroatoms. The minimum Gasteiger partial charge on any atom is -0.497 e. The molecule has 1 aromatic heterocycles. The van der Waals surface area contributed by atoms with Gasteiger partial charge in [-0.15, -0.1) is 0 Å². The molecule has 2 aromatic rings. The Bertz CT molecular complexity index is 551. The summed E-state index contributed by atoms with van der Waals surface area (Å²) in [5.74, 6) is 0.730. The number of benzene rings is 1. The summed E-state index contributed by atoms with van der Waals surface area (Å²) in [7, 11) is 1.60. The van der Waals surface area contributed by atoms with Crippen LogP contribution in [0.2, 0.25) is 0 Å². The van der Waals surface area contributed by atoms with Gasteiger partial charge in [-0.2, -0.15) is 0 Å². The Morgan fingerprint density at radius 3 is 3.00 bits per heavy atom. The highest BCUT2D eigenvalue weighted by Crippen LogP contribution is 2.18. The van der Waals surface area contributed by atoms with Crippen molar-refractivity contribution in [2.75, 3.05) is 7.11 Å². The molecule has 1 heterocycles. The van der Waals surface area contributed by atoms with E-state index in [4.69, 9.17) is 4.74 Å².